The Kier molecular flexibility index (Phi) is 5.36. The zero-order valence-corrected chi connectivity index (χ0v) is 21.1. The highest BCUT2D eigenvalue weighted by molar-refractivity contribution is 6.00. The van der Waals surface area contributed by atoms with Gasteiger partial charge in [-0.05, 0) is 87.1 Å². The minimum Gasteiger partial charge on any atom is -0.345 e. The zero-order valence-electron chi connectivity index (χ0n) is 21.1. The summed E-state index contributed by atoms with van der Waals surface area (Å²) in [5, 5.41) is 11.2. The Morgan fingerprint density at radius 2 is 1.83 bits per heavy atom. The van der Waals surface area contributed by atoms with Crippen LogP contribution in [0.25, 0.3) is 22.5 Å². The molecule has 0 spiro atoms. The van der Waals surface area contributed by atoms with Gasteiger partial charge in [0.1, 0.15) is 0 Å². The van der Waals surface area contributed by atoms with Crippen LogP contribution in [-0.4, -0.2) is 25.7 Å². The van der Waals surface area contributed by atoms with Gasteiger partial charge in [0, 0.05) is 46.7 Å². The van der Waals surface area contributed by atoms with Crippen LogP contribution in [0.5, 0.6) is 0 Å². The highest BCUT2D eigenvalue weighted by atomic mass is 16.2. The van der Waals surface area contributed by atoms with Crippen LogP contribution in [0.2, 0.25) is 0 Å². The van der Waals surface area contributed by atoms with Crippen LogP contribution in [0.3, 0.4) is 0 Å². The van der Waals surface area contributed by atoms with E-state index in [1.54, 1.807) is 0 Å². The predicted molar refractivity (Wildman–Crippen MR) is 141 cm³/mol. The summed E-state index contributed by atoms with van der Waals surface area (Å²) in [6.45, 7) is 8.86. The third kappa shape index (κ3) is 3.94. The van der Waals surface area contributed by atoms with Crippen molar-refractivity contribution in [1.29, 1.82) is 0 Å². The summed E-state index contributed by atoms with van der Waals surface area (Å²) in [5.74, 6) is 2.01. The highest BCUT2D eigenvalue weighted by Gasteiger charge is 2.27. The standard InChI is InChI=1S/C29H30N6O/c1-5-35-29(32-26-14-23-18(4)31-28(36)24(23)13-17(26)3)33-27(34-35)20-8-10-22(16(2)12-20)21-9-11-25(30-15-21)19-6-7-19/h8-15,18-19H,5-7H2,1-4H3,(H,31,36)(H,32,33,34). The van der Waals surface area contributed by atoms with Crippen LogP contribution in [0.15, 0.2) is 48.7 Å². The minimum absolute atomic E-state index is 0.00476. The van der Waals surface area contributed by atoms with Crippen molar-refractivity contribution in [2.24, 2.45) is 0 Å². The van der Waals surface area contributed by atoms with E-state index in [1.165, 1.54) is 24.1 Å². The summed E-state index contributed by atoms with van der Waals surface area (Å²) in [6.07, 6.45) is 4.51. The molecule has 2 aliphatic rings. The van der Waals surface area contributed by atoms with Crippen molar-refractivity contribution in [3.05, 3.63) is 76.6 Å². The Hall–Kier alpha value is -4.00. The van der Waals surface area contributed by atoms with Crippen LogP contribution < -0.4 is 10.6 Å². The molecule has 0 bridgehead atoms. The van der Waals surface area contributed by atoms with Crippen molar-refractivity contribution in [1.82, 2.24) is 25.1 Å². The van der Waals surface area contributed by atoms with Crippen LogP contribution in [0.4, 0.5) is 11.6 Å². The van der Waals surface area contributed by atoms with Crippen LogP contribution >= 0.6 is 0 Å². The maximum absolute atomic E-state index is 12.2. The normalized spacial score (nSPS) is 16.7. The molecule has 182 valence electrons. The lowest BCUT2D eigenvalue weighted by molar-refractivity contribution is 0.0958. The molecule has 4 aromatic rings. The third-order valence-electron chi connectivity index (χ3n) is 7.25. The molecule has 1 saturated carbocycles. The monoisotopic (exact) mass is 478 g/mol. The molecule has 3 heterocycles. The maximum Gasteiger partial charge on any atom is 0.252 e. The number of fused-ring (bicyclic) bond motifs is 1. The number of aryl methyl sites for hydroxylation is 3. The number of aromatic nitrogens is 4. The molecule has 1 fully saturated rings. The van der Waals surface area contributed by atoms with Gasteiger partial charge in [-0.3, -0.25) is 9.78 Å². The molecular weight excluding hydrogens is 448 g/mol. The molecule has 1 aliphatic carbocycles. The Morgan fingerprint density at radius 1 is 1.03 bits per heavy atom. The average Bonchev–Trinajstić information content (AvgIpc) is 3.59. The highest BCUT2D eigenvalue weighted by Crippen LogP contribution is 2.39. The lowest BCUT2D eigenvalue weighted by Gasteiger charge is -2.12. The lowest BCUT2D eigenvalue weighted by Crippen LogP contribution is -2.16. The second kappa shape index (κ2) is 8.59. The fraction of sp³-hybridized carbons (Fsp3) is 0.310. The number of amides is 1. The number of benzene rings is 2. The van der Waals surface area contributed by atoms with Crippen molar-refractivity contribution >= 4 is 17.5 Å². The zero-order chi connectivity index (χ0) is 25.0. The number of anilines is 2. The molecule has 1 aliphatic heterocycles. The fourth-order valence-corrected chi connectivity index (χ4v) is 4.98. The largest absolute Gasteiger partial charge is 0.345 e. The quantitative estimate of drug-likeness (QED) is 0.351. The van der Waals surface area contributed by atoms with E-state index in [-0.39, 0.29) is 11.9 Å². The third-order valence-corrected chi connectivity index (χ3v) is 7.25. The lowest BCUT2D eigenvalue weighted by atomic mass is 9.99. The van der Waals surface area contributed by atoms with E-state index in [0.717, 1.165) is 39.1 Å². The minimum atomic E-state index is -0.0142. The molecule has 1 amide bonds. The first-order chi connectivity index (χ1) is 17.4. The molecule has 7 nitrogen and oxygen atoms in total. The van der Waals surface area contributed by atoms with Gasteiger partial charge in [-0.2, -0.15) is 4.98 Å². The number of pyridine rings is 1. The molecule has 2 aromatic heterocycles. The number of carbonyl (C=O) groups is 1. The van der Waals surface area contributed by atoms with E-state index >= 15 is 0 Å². The summed E-state index contributed by atoms with van der Waals surface area (Å²) in [6, 6.07) is 14.7. The van der Waals surface area contributed by atoms with Crippen molar-refractivity contribution < 1.29 is 4.79 Å². The van der Waals surface area contributed by atoms with E-state index in [1.807, 2.05) is 36.9 Å². The van der Waals surface area contributed by atoms with E-state index in [2.05, 4.69) is 59.8 Å². The number of hydrogen-bond donors (Lipinski definition) is 2. The van der Waals surface area contributed by atoms with E-state index < -0.39 is 0 Å². The molecule has 2 N–H and O–H groups in total. The summed E-state index contributed by atoms with van der Waals surface area (Å²) in [7, 11) is 0. The van der Waals surface area contributed by atoms with Gasteiger partial charge in [-0.15, -0.1) is 5.10 Å². The van der Waals surface area contributed by atoms with Crippen molar-refractivity contribution in [2.75, 3.05) is 5.32 Å². The first-order valence-electron chi connectivity index (χ1n) is 12.7. The second-order valence-electron chi connectivity index (χ2n) is 9.93. The van der Waals surface area contributed by atoms with E-state index in [9.17, 15) is 4.79 Å². The molecule has 1 unspecified atom stereocenters. The van der Waals surface area contributed by atoms with Gasteiger partial charge in [0.15, 0.2) is 5.82 Å². The molecule has 2 aromatic carbocycles. The molecule has 0 saturated heterocycles. The predicted octanol–water partition coefficient (Wildman–Crippen LogP) is 6.07. The second-order valence-corrected chi connectivity index (χ2v) is 9.93. The number of nitrogens with zero attached hydrogens (tertiary/aromatic N) is 4. The van der Waals surface area contributed by atoms with Gasteiger partial charge in [0.2, 0.25) is 5.95 Å². The Balaban J connectivity index is 1.28. The van der Waals surface area contributed by atoms with Crippen molar-refractivity contribution in [3.63, 3.8) is 0 Å². The van der Waals surface area contributed by atoms with Crippen LogP contribution in [-0.2, 0) is 6.54 Å². The molecule has 0 radical (unpaired) electrons. The van der Waals surface area contributed by atoms with Gasteiger partial charge in [-0.25, -0.2) is 4.68 Å². The van der Waals surface area contributed by atoms with Crippen LogP contribution in [0.1, 0.15) is 71.4 Å². The average molecular weight is 479 g/mol. The smallest absolute Gasteiger partial charge is 0.252 e. The number of hydrogen-bond acceptors (Lipinski definition) is 5. The van der Waals surface area contributed by atoms with Gasteiger partial charge in [-0.1, -0.05) is 18.2 Å². The Labute approximate surface area is 211 Å². The molecule has 36 heavy (non-hydrogen) atoms. The molecule has 6 rings (SSSR count). The van der Waals surface area contributed by atoms with Gasteiger partial charge in [0.05, 0.1) is 6.04 Å². The summed E-state index contributed by atoms with van der Waals surface area (Å²) in [5.41, 5.74) is 9.32. The van der Waals surface area contributed by atoms with Gasteiger partial charge in [0.25, 0.3) is 5.91 Å². The SMILES string of the molecule is CCn1nc(-c2ccc(-c3ccc(C4CC4)nc3)c(C)c2)nc1Nc1cc2c(cc1C)C(=O)NC2C. The first-order valence-corrected chi connectivity index (χ1v) is 12.7. The fourth-order valence-electron chi connectivity index (χ4n) is 4.98. The van der Waals surface area contributed by atoms with E-state index in [0.29, 0.717) is 24.2 Å². The summed E-state index contributed by atoms with van der Waals surface area (Å²) >= 11 is 0. The number of nitrogens with one attached hydrogen (secondary N) is 2. The summed E-state index contributed by atoms with van der Waals surface area (Å²) in [4.78, 5) is 21.7. The molecule has 7 heteroatoms. The molecular formula is C29H30N6O. The number of rotatable bonds is 6. The first kappa shape index (κ1) is 22.5. The van der Waals surface area contributed by atoms with Crippen molar-refractivity contribution in [2.45, 2.75) is 59.0 Å². The molecule has 1 atom stereocenters. The van der Waals surface area contributed by atoms with Crippen molar-refractivity contribution in [3.8, 4) is 22.5 Å². The summed E-state index contributed by atoms with van der Waals surface area (Å²) < 4.78 is 1.87. The van der Waals surface area contributed by atoms with Crippen LogP contribution in [0, 0.1) is 13.8 Å². The topological polar surface area (TPSA) is 84.7 Å². The van der Waals surface area contributed by atoms with E-state index in [4.69, 9.17) is 10.1 Å². The maximum atomic E-state index is 12.2. The Morgan fingerprint density at radius 3 is 2.53 bits per heavy atom. The Bertz CT molecular complexity index is 1480. The van der Waals surface area contributed by atoms with Gasteiger partial charge >= 0.3 is 0 Å². The van der Waals surface area contributed by atoms with Gasteiger partial charge < -0.3 is 10.6 Å². The number of carbonyl (C=O) groups excluding carboxylic acids is 1.